The summed E-state index contributed by atoms with van der Waals surface area (Å²) in [6.45, 7) is 1.82. The minimum absolute atomic E-state index is 0.243. The molecule has 0 radical (unpaired) electrons. The lowest BCUT2D eigenvalue weighted by Gasteiger charge is -2.16. The summed E-state index contributed by atoms with van der Waals surface area (Å²) < 4.78 is 32.4. The fourth-order valence-corrected chi connectivity index (χ4v) is 4.79. The number of aromatic nitrogens is 1. The summed E-state index contributed by atoms with van der Waals surface area (Å²) in [5, 5.41) is 0. The van der Waals surface area contributed by atoms with Gasteiger partial charge < -0.3 is 4.74 Å². The van der Waals surface area contributed by atoms with Gasteiger partial charge in [0.05, 0.1) is 6.61 Å². The van der Waals surface area contributed by atoms with Crippen LogP contribution in [-0.4, -0.2) is 37.4 Å². The summed E-state index contributed by atoms with van der Waals surface area (Å²) in [4.78, 5) is 4.19. The topological polar surface area (TPSA) is 59.5 Å². The Morgan fingerprint density at radius 3 is 3.00 bits per heavy atom. The van der Waals surface area contributed by atoms with E-state index < -0.39 is 10.0 Å². The van der Waals surface area contributed by atoms with Crippen molar-refractivity contribution in [2.24, 2.45) is 0 Å². The van der Waals surface area contributed by atoms with E-state index in [4.69, 9.17) is 4.74 Å². The van der Waals surface area contributed by atoms with Crippen LogP contribution in [0.5, 0.6) is 5.75 Å². The Hall–Kier alpha value is -1.92. The van der Waals surface area contributed by atoms with Gasteiger partial charge in [-0.1, -0.05) is 12.1 Å². The molecule has 6 heteroatoms. The Bertz CT molecular complexity index is 821. The minimum atomic E-state index is -3.44. The van der Waals surface area contributed by atoms with Crippen molar-refractivity contribution in [1.29, 1.82) is 0 Å². The second kappa shape index (κ2) is 5.62. The van der Waals surface area contributed by atoms with E-state index in [1.807, 2.05) is 6.07 Å². The van der Waals surface area contributed by atoms with Crippen molar-refractivity contribution in [2.45, 2.75) is 23.7 Å². The zero-order chi connectivity index (χ0) is 15.9. The molecular weight excluding hydrogens is 312 g/mol. The molecule has 2 aromatic rings. The predicted octanol–water partition coefficient (Wildman–Crippen LogP) is 2.19. The Balaban J connectivity index is 1.55. The van der Waals surface area contributed by atoms with Crippen molar-refractivity contribution in [1.82, 2.24) is 9.29 Å². The third-order valence-electron chi connectivity index (χ3n) is 4.61. The maximum absolute atomic E-state index is 12.7. The van der Waals surface area contributed by atoms with Gasteiger partial charge in [0, 0.05) is 31.9 Å². The van der Waals surface area contributed by atoms with Crippen molar-refractivity contribution in [3.05, 3.63) is 53.9 Å². The number of hydrogen-bond acceptors (Lipinski definition) is 4. The third kappa shape index (κ3) is 2.62. The van der Waals surface area contributed by atoms with E-state index in [1.54, 1.807) is 22.6 Å². The highest BCUT2D eigenvalue weighted by Crippen LogP contribution is 2.34. The molecule has 1 atom stereocenters. The molecule has 4 rings (SSSR count). The van der Waals surface area contributed by atoms with Crippen LogP contribution in [0.25, 0.3) is 0 Å². The van der Waals surface area contributed by atoms with Crippen LogP contribution in [-0.2, 0) is 16.4 Å². The summed E-state index contributed by atoms with van der Waals surface area (Å²) >= 11 is 0. The van der Waals surface area contributed by atoms with E-state index in [1.165, 1.54) is 17.3 Å². The second-order valence-corrected chi connectivity index (χ2v) is 7.94. The normalized spacial score (nSPS) is 21.1. The van der Waals surface area contributed by atoms with Crippen LogP contribution < -0.4 is 4.74 Å². The minimum Gasteiger partial charge on any atom is -0.493 e. The first-order valence-electron chi connectivity index (χ1n) is 7.80. The van der Waals surface area contributed by atoms with Gasteiger partial charge in [-0.25, -0.2) is 8.42 Å². The molecule has 0 bridgehead atoms. The summed E-state index contributed by atoms with van der Waals surface area (Å²) in [6, 6.07) is 9.50. The molecule has 0 aliphatic carbocycles. The molecule has 0 amide bonds. The Labute approximate surface area is 136 Å². The smallest absolute Gasteiger partial charge is 0.244 e. The average Bonchev–Trinajstić information content (AvgIpc) is 3.24. The Kier molecular flexibility index (Phi) is 3.58. The summed E-state index contributed by atoms with van der Waals surface area (Å²) in [7, 11) is -3.44. The number of benzene rings is 1. The molecule has 1 saturated heterocycles. The van der Waals surface area contributed by atoms with Crippen LogP contribution in [0.2, 0.25) is 0 Å². The van der Waals surface area contributed by atoms with Crippen molar-refractivity contribution in [3.63, 3.8) is 0 Å². The summed E-state index contributed by atoms with van der Waals surface area (Å²) in [5.41, 5.74) is 2.44. The molecule has 0 spiro atoms. The monoisotopic (exact) mass is 330 g/mol. The second-order valence-electron chi connectivity index (χ2n) is 6.00. The molecule has 0 saturated carbocycles. The number of fused-ring (bicyclic) bond motifs is 1. The van der Waals surface area contributed by atoms with Crippen molar-refractivity contribution >= 4 is 10.0 Å². The van der Waals surface area contributed by atoms with Gasteiger partial charge in [-0.2, -0.15) is 4.31 Å². The fourth-order valence-electron chi connectivity index (χ4n) is 3.33. The van der Waals surface area contributed by atoms with Crippen LogP contribution in [0.4, 0.5) is 0 Å². The highest BCUT2D eigenvalue weighted by atomic mass is 32.2. The number of nitrogens with zero attached hydrogens (tertiary/aromatic N) is 2. The summed E-state index contributed by atoms with van der Waals surface area (Å²) in [5.74, 6) is 1.21. The molecule has 0 N–H and O–H groups in total. The Morgan fingerprint density at radius 1 is 1.26 bits per heavy atom. The maximum Gasteiger partial charge on any atom is 0.244 e. The quantitative estimate of drug-likeness (QED) is 0.866. The lowest BCUT2D eigenvalue weighted by Crippen LogP contribution is -2.28. The lowest BCUT2D eigenvalue weighted by atomic mass is 9.96. The molecule has 2 aliphatic heterocycles. The SMILES string of the molecule is O=S(=O)(c1cccnc1)N1CCC(c2ccc3c(c2)CCO3)C1. The molecule has 1 unspecified atom stereocenters. The number of hydrogen-bond donors (Lipinski definition) is 0. The van der Waals surface area contributed by atoms with Gasteiger partial charge in [-0.15, -0.1) is 0 Å². The first-order valence-corrected chi connectivity index (χ1v) is 9.24. The standard InChI is InChI=1S/C17H18N2O3S/c20-23(21,16-2-1-7-18-11-16)19-8-5-15(12-19)13-3-4-17-14(10-13)6-9-22-17/h1-4,7,10-11,15H,5-6,8-9,12H2. The van der Waals surface area contributed by atoms with Crippen LogP contribution in [0.1, 0.15) is 23.5 Å². The molecule has 1 aromatic carbocycles. The number of ether oxygens (including phenoxy) is 1. The van der Waals surface area contributed by atoms with Crippen LogP contribution in [0.3, 0.4) is 0 Å². The van der Waals surface area contributed by atoms with Crippen molar-refractivity contribution in [2.75, 3.05) is 19.7 Å². The van der Waals surface area contributed by atoms with E-state index in [0.717, 1.165) is 25.2 Å². The molecule has 120 valence electrons. The van der Waals surface area contributed by atoms with Gasteiger partial charge >= 0.3 is 0 Å². The van der Waals surface area contributed by atoms with Crippen LogP contribution in [0, 0.1) is 0 Å². The summed E-state index contributed by atoms with van der Waals surface area (Å²) in [6.07, 6.45) is 4.78. The third-order valence-corrected chi connectivity index (χ3v) is 6.46. The first kappa shape index (κ1) is 14.7. The molecule has 3 heterocycles. The molecule has 5 nitrogen and oxygen atoms in total. The van der Waals surface area contributed by atoms with Gasteiger partial charge in [0.2, 0.25) is 10.0 Å². The van der Waals surface area contributed by atoms with Gasteiger partial charge in [0.15, 0.2) is 0 Å². The van der Waals surface area contributed by atoms with Crippen LogP contribution in [0.15, 0.2) is 47.6 Å². The molecule has 2 aliphatic rings. The Morgan fingerprint density at radius 2 is 2.17 bits per heavy atom. The molecule has 23 heavy (non-hydrogen) atoms. The van der Waals surface area contributed by atoms with Gasteiger partial charge in [0.1, 0.15) is 10.6 Å². The number of pyridine rings is 1. The lowest BCUT2D eigenvalue weighted by molar-refractivity contribution is 0.357. The van der Waals surface area contributed by atoms with E-state index in [2.05, 4.69) is 17.1 Å². The van der Waals surface area contributed by atoms with Gasteiger partial charge in [-0.3, -0.25) is 4.98 Å². The number of rotatable bonds is 3. The molecule has 1 fully saturated rings. The molecule has 1 aromatic heterocycles. The molecular formula is C17H18N2O3S. The van der Waals surface area contributed by atoms with Gasteiger partial charge in [-0.05, 0) is 41.7 Å². The van der Waals surface area contributed by atoms with Crippen molar-refractivity contribution < 1.29 is 13.2 Å². The average molecular weight is 330 g/mol. The van der Waals surface area contributed by atoms with E-state index >= 15 is 0 Å². The predicted molar refractivity (Wildman–Crippen MR) is 86.0 cm³/mol. The van der Waals surface area contributed by atoms with Crippen molar-refractivity contribution in [3.8, 4) is 5.75 Å². The van der Waals surface area contributed by atoms with Crippen LogP contribution >= 0.6 is 0 Å². The van der Waals surface area contributed by atoms with E-state index in [-0.39, 0.29) is 10.8 Å². The highest BCUT2D eigenvalue weighted by molar-refractivity contribution is 7.89. The fraction of sp³-hybridized carbons (Fsp3) is 0.353. The first-order chi connectivity index (χ1) is 11.1. The highest BCUT2D eigenvalue weighted by Gasteiger charge is 2.33. The maximum atomic E-state index is 12.7. The largest absolute Gasteiger partial charge is 0.493 e. The van der Waals surface area contributed by atoms with E-state index in [0.29, 0.717) is 13.1 Å². The van der Waals surface area contributed by atoms with E-state index in [9.17, 15) is 8.42 Å². The zero-order valence-corrected chi connectivity index (χ0v) is 13.5. The zero-order valence-electron chi connectivity index (χ0n) is 12.7. The van der Waals surface area contributed by atoms with Gasteiger partial charge in [0.25, 0.3) is 0 Å². The number of sulfonamides is 1.